The summed E-state index contributed by atoms with van der Waals surface area (Å²) in [6.45, 7) is 7.39. The average Bonchev–Trinajstić information content (AvgIpc) is 3.30. The summed E-state index contributed by atoms with van der Waals surface area (Å²) in [4.78, 5) is 7.17. The van der Waals surface area contributed by atoms with Crippen molar-refractivity contribution in [1.29, 1.82) is 0 Å². The van der Waals surface area contributed by atoms with E-state index in [2.05, 4.69) is 24.2 Å². The lowest BCUT2D eigenvalue weighted by Gasteiger charge is -2.29. The van der Waals surface area contributed by atoms with Gasteiger partial charge in [0.2, 0.25) is 0 Å². The van der Waals surface area contributed by atoms with Crippen molar-refractivity contribution in [2.75, 3.05) is 53.6 Å². The highest BCUT2D eigenvalue weighted by Crippen LogP contribution is 2.41. The van der Waals surface area contributed by atoms with E-state index in [1.54, 1.807) is 7.11 Å². The zero-order chi connectivity index (χ0) is 17.3. The Morgan fingerprint density at radius 3 is 2.62 bits per heavy atom. The van der Waals surface area contributed by atoms with E-state index >= 15 is 0 Å². The van der Waals surface area contributed by atoms with Gasteiger partial charge in [-0.15, -0.1) is 0 Å². The second kappa shape index (κ2) is 10.2. The fourth-order valence-electron chi connectivity index (χ4n) is 3.48. The number of rotatable bonds is 11. The van der Waals surface area contributed by atoms with Gasteiger partial charge in [0, 0.05) is 47.0 Å². The standard InChI is InChI=1S/C19H37N3O2/c1-4-20-18(22(2)12-14-24-15-17-7-8-17)21-16-19(11-13-23-3)9-5-6-10-19/h17H,4-16H2,1-3H3,(H,20,21). The van der Waals surface area contributed by atoms with Crippen LogP contribution in [0, 0.1) is 11.3 Å². The summed E-state index contributed by atoms with van der Waals surface area (Å²) in [7, 11) is 3.91. The lowest BCUT2D eigenvalue weighted by atomic mass is 9.83. The Kier molecular flexibility index (Phi) is 8.33. The molecule has 0 unspecified atom stereocenters. The van der Waals surface area contributed by atoms with Gasteiger partial charge in [0.25, 0.3) is 0 Å². The van der Waals surface area contributed by atoms with Crippen LogP contribution in [0.25, 0.3) is 0 Å². The van der Waals surface area contributed by atoms with E-state index in [-0.39, 0.29) is 0 Å². The molecule has 24 heavy (non-hydrogen) atoms. The Balaban J connectivity index is 1.82. The number of methoxy groups -OCH3 is 1. The summed E-state index contributed by atoms with van der Waals surface area (Å²) in [5.74, 6) is 1.84. The Morgan fingerprint density at radius 2 is 2.00 bits per heavy atom. The van der Waals surface area contributed by atoms with Crippen LogP contribution < -0.4 is 5.32 Å². The lowest BCUT2D eigenvalue weighted by Crippen LogP contribution is -2.41. The predicted octanol–water partition coefficient (Wildman–Crippen LogP) is 2.91. The van der Waals surface area contributed by atoms with Gasteiger partial charge in [0.05, 0.1) is 6.61 Å². The number of nitrogens with one attached hydrogen (secondary N) is 1. The molecule has 0 heterocycles. The molecule has 0 aliphatic heterocycles. The molecule has 1 N–H and O–H groups in total. The summed E-state index contributed by atoms with van der Waals surface area (Å²) < 4.78 is 11.1. The molecule has 140 valence electrons. The van der Waals surface area contributed by atoms with Gasteiger partial charge in [0.1, 0.15) is 0 Å². The molecule has 0 atom stereocenters. The molecule has 2 aliphatic rings. The van der Waals surface area contributed by atoms with Gasteiger partial charge in [-0.2, -0.15) is 0 Å². The maximum atomic E-state index is 5.77. The number of guanidine groups is 1. The number of hydrogen-bond donors (Lipinski definition) is 1. The van der Waals surface area contributed by atoms with Crippen LogP contribution in [0.2, 0.25) is 0 Å². The second-order valence-electron chi connectivity index (χ2n) is 7.56. The summed E-state index contributed by atoms with van der Waals surface area (Å²) in [5, 5.41) is 3.43. The lowest BCUT2D eigenvalue weighted by molar-refractivity contribution is 0.115. The fraction of sp³-hybridized carbons (Fsp3) is 0.947. The van der Waals surface area contributed by atoms with Crippen LogP contribution in [0.1, 0.15) is 51.9 Å². The van der Waals surface area contributed by atoms with Crippen molar-refractivity contribution in [3.05, 3.63) is 0 Å². The van der Waals surface area contributed by atoms with E-state index in [4.69, 9.17) is 14.5 Å². The van der Waals surface area contributed by atoms with E-state index < -0.39 is 0 Å². The zero-order valence-electron chi connectivity index (χ0n) is 16.0. The highest BCUT2D eigenvalue weighted by atomic mass is 16.5. The monoisotopic (exact) mass is 339 g/mol. The van der Waals surface area contributed by atoms with Crippen LogP contribution in [-0.4, -0.2) is 64.5 Å². The highest BCUT2D eigenvalue weighted by Gasteiger charge is 2.33. The molecule has 0 spiro atoms. The molecule has 0 bridgehead atoms. The number of aliphatic imine (C=N–C) groups is 1. The quantitative estimate of drug-likeness (QED) is 0.357. The van der Waals surface area contributed by atoms with Crippen molar-refractivity contribution in [1.82, 2.24) is 10.2 Å². The summed E-state index contributed by atoms with van der Waals surface area (Å²) in [5.41, 5.74) is 0.347. The minimum absolute atomic E-state index is 0.347. The number of hydrogen-bond acceptors (Lipinski definition) is 3. The average molecular weight is 340 g/mol. The minimum Gasteiger partial charge on any atom is -0.385 e. The number of nitrogens with zero attached hydrogens (tertiary/aromatic N) is 2. The van der Waals surface area contributed by atoms with Crippen LogP contribution in [0.5, 0.6) is 0 Å². The third-order valence-electron chi connectivity index (χ3n) is 5.38. The van der Waals surface area contributed by atoms with E-state index in [1.807, 2.05) is 0 Å². The third-order valence-corrected chi connectivity index (χ3v) is 5.38. The fourth-order valence-corrected chi connectivity index (χ4v) is 3.48. The van der Waals surface area contributed by atoms with Crippen LogP contribution in [0.15, 0.2) is 4.99 Å². The molecule has 5 heteroatoms. The molecule has 2 saturated carbocycles. The molecule has 0 aromatic heterocycles. The van der Waals surface area contributed by atoms with Crippen LogP contribution in [0.4, 0.5) is 0 Å². The summed E-state index contributed by atoms with van der Waals surface area (Å²) in [6, 6.07) is 0. The smallest absolute Gasteiger partial charge is 0.193 e. The number of ether oxygens (including phenoxy) is 2. The van der Waals surface area contributed by atoms with Gasteiger partial charge >= 0.3 is 0 Å². The third kappa shape index (κ3) is 6.60. The second-order valence-corrected chi connectivity index (χ2v) is 7.56. The molecule has 0 aromatic carbocycles. The molecule has 0 radical (unpaired) electrons. The van der Waals surface area contributed by atoms with Crippen molar-refractivity contribution < 1.29 is 9.47 Å². The van der Waals surface area contributed by atoms with Crippen LogP contribution in [0.3, 0.4) is 0 Å². The molecule has 5 nitrogen and oxygen atoms in total. The molecular formula is C19H37N3O2. The van der Waals surface area contributed by atoms with E-state index in [1.165, 1.54) is 38.5 Å². The molecule has 2 aliphatic carbocycles. The first kappa shape index (κ1) is 19.5. The van der Waals surface area contributed by atoms with Gasteiger partial charge in [-0.25, -0.2) is 0 Å². The van der Waals surface area contributed by atoms with Gasteiger partial charge < -0.3 is 19.7 Å². The minimum atomic E-state index is 0.347. The SMILES string of the molecule is CCNC(=NCC1(CCOC)CCCC1)N(C)CCOCC1CC1. The van der Waals surface area contributed by atoms with Crippen LogP contribution >= 0.6 is 0 Å². The van der Waals surface area contributed by atoms with Crippen molar-refractivity contribution in [3.8, 4) is 0 Å². The van der Waals surface area contributed by atoms with Gasteiger partial charge in [0.15, 0.2) is 5.96 Å². The Labute approximate surface area is 148 Å². The van der Waals surface area contributed by atoms with E-state index in [0.29, 0.717) is 5.41 Å². The maximum Gasteiger partial charge on any atom is 0.193 e. The van der Waals surface area contributed by atoms with Crippen molar-refractivity contribution in [3.63, 3.8) is 0 Å². The summed E-state index contributed by atoms with van der Waals surface area (Å²) >= 11 is 0. The highest BCUT2D eigenvalue weighted by molar-refractivity contribution is 5.79. The largest absolute Gasteiger partial charge is 0.385 e. The van der Waals surface area contributed by atoms with Crippen molar-refractivity contribution in [2.24, 2.45) is 16.3 Å². The first-order valence-corrected chi connectivity index (χ1v) is 9.75. The first-order valence-electron chi connectivity index (χ1n) is 9.75. The molecule has 0 saturated heterocycles. The summed E-state index contributed by atoms with van der Waals surface area (Å²) in [6.07, 6.45) is 9.07. The molecule has 2 rings (SSSR count). The molecular weight excluding hydrogens is 302 g/mol. The van der Waals surface area contributed by atoms with Crippen molar-refractivity contribution >= 4 is 5.96 Å². The Morgan fingerprint density at radius 1 is 1.25 bits per heavy atom. The van der Waals surface area contributed by atoms with E-state index in [9.17, 15) is 0 Å². The first-order chi connectivity index (χ1) is 11.7. The van der Waals surface area contributed by atoms with Crippen molar-refractivity contribution in [2.45, 2.75) is 51.9 Å². The Bertz CT molecular complexity index is 377. The Hall–Kier alpha value is -0.810. The predicted molar refractivity (Wildman–Crippen MR) is 99.5 cm³/mol. The molecule has 2 fully saturated rings. The number of likely N-dealkylation sites (N-methyl/N-ethyl adjacent to an activating group) is 1. The van der Waals surface area contributed by atoms with Gasteiger partial charge in [-0.05, 0) is 50.4 Å². The van der Waals surface area contributed by atoms with Gasteiger partial charge in [-0.3, -0.25) is 4.99 Å². The maximum absolute atomic E-state index is 5.77. The van der Waals surface area contributed by atoms with Gasteiger partial charge in [-0.1, -0.05) is 12.8 Å². The normalized spacial score (nSPS) is 20.4. The topological polar surface area (TPSA) is 46.1 Å². The van der Waals surface area contributed by atoms with E-state index in [0.717, 1.165) is 57.8 Å². The molecule has 0 amide bonds. The van der Waals surface area contributed by atoms with Crippen LogP contribution in [-0.2, 0) is 9.47 Å². The molecule has 0 aromatic rings. The zero-order valence-corrected chi connectivity index (χ0v) is 16.0.